The zero-order valence-corrected chi connectivity index (χ0v) is 12.4. The number of unbranched alkanes of at least 4 members (excludes halogenated alkanes) is 5. The largest absolute Gasteiger partial charge is 0.379 e. The van der Waals surface area contributed by atoms with Crippen LogP contribution in [0, 0.1) is 0 Å². The van der Waals surface area contributed by atoms with Crippen molar-refractivity contribution in [3.63, 3.8) is 0 Å². The molecule has 0 N–H and O–H groups in total. The third-order valence-electron chi connectivity index (χ3n) is 2.73. The van der Waals surface area contributed by atoms with E-state index in [4.69, 9.17) is 14.2 Å². The van der Waals surface area contributed by atoms with Crippen molar-refractivity contribution in [1.29, 1.82) is 0 Å². The Morgan fingerprint density at radius 2 is 0.944 bits per heavy atom. The summed E-state index contributed by atoms with van der Waals surface area (Å²) < 4.78 is 16.2. The Bertz CT molecular complexity index is 124. The number of rotatable bonds is 15. The fourth-order valence-corrected chi connectivity index (χ4v) is 1.67. The van der Waals surface area contributed by atoms with E-state index in [2.05, 4.69) is 13.8 Å². The van der Waals surface area contributed by atoms with Crippen LogP contribution in [-0.2, 0) is 14.2 Å². The minimum atomic E-state index is 0.681. The summed E-state index contributed by atoms with van der Waals surface area (Å²) in [5.74, 6) is 0. The molecule has 0 saturated carbocycles. The quantitative estimate of drug-likeness (QED) is 0.419. The van der Waals surface area contributed by atoms with E-state index >= 15 is 0 Å². The van der Waals surface area contributed by atoms with Crippen LogP contribution in [0.15, 0.2) is 0 Å². The molecule has 3 heteroatoms. The van der Waals surface area contributed by atoms with E-state index in [1.807, 2.05) is 0 Å². The first-order valence-electron chi connectivity index (χ1n) is 7.65. The highest BCUT2D eigenvalue weighted by molar-refractivity contribution is 4.43. The van der Waals surface area contributed by atoms with Crippen molar-refractivity contribution in [1.82, 2.24) is 0 Å². The van der Waals surface area contributed by atoms with Crippen LogP contribution in [0.1, 0.15) is 58.8 Å². The first-order chi connectivity index (χ1) is 8.91. The topological polar surface area (TPSA) is 27.7 Å². The van der Waals surface area contributed by atoms with Crippen molar-refractivity contribution in [2.45, 2.75) is 58.8 Å². The molecule has 0 saturated heterocycles. The van der Waals surface area contributed by atoms with Gasteiger partial charge in [-0.05, 0) is 12.8 Å². The molecule has 0 heterocycles. The van der Waals surface area contributed by atoms with Gasteiger partial charge in [-0.25, -0.2) is 0 Å². The summed E-state index contributed by atoms with van der Waals surface area (Å²) in [6.45, 7) is 8.84. The molecule has 18 heavy (non-hydrogen) atoms. The van der Waals surface area contributed by atoms with Crippen molar-refractivity contribution in [3.8, 4) is 0 Å². The van der Waals surface area contributed by atoms with E-state index in [9.17, 15) is 0 Å². The van der Waals surface area contributed by atoms with Crippen LogP contribution in [0.4, 0.5) is 0 Å². The number of ether oxygens (including phenoxy) is 3. The average molecular weight is 260 g/mol. The molecule has 0 aromatic carbocycles. The van der Waals surface area contributed by atoms with Crippen LogP contribution in [0.2, 0.25) is 0 Å². The third-order valence-corrected chi connectivity index (χ3v) is 2.73. The molecule has 0 aromatic heterocycles. The summed E-state index contributed by atoms with van der Waals surface area (Å²) in [5, 5.41) is 0. The van der Waals surface area contributed by atoms with Gasteiger partial charge in [0.1, 0.15) is 0 Å². The molecule has 110 valence electrons. The van der Waals surface area contributed by atoms with Gasteiger partial charge in [0.2, 0.25) is 0 Å². The number of hydrogen-bond donors (Lipinski definition) is 0. The average Bonchev–Trinajstić information content (AvgIpc) is 2.39. The summed E-state index contributed by atoms with van der Waals surface area (Å²) in [5.41, 5.74) is 0. The molecule has 0 aliphatic carbocycles. The van der Waals surface area contributed by atoms with Crippen LogP contribution in [0.25, 0.3) is 0 Å². The Balaban J connectivity index is 2.86. The lowest BCUT2D eigenvalue weighted by Gasteiger charge is -2.06. The van der Waals surface area contributed by atoms with E-state index in [0.717, 1.165) is 19.6 Å². The lowest BCUT2D eigenvalue weighted by molar-refractivity contribution is 0.0140. The second-order valence-corrected chi connectivity index (χ2v) is 4.60. The van der Waals surface area contributed by atoms with Crippen molar-refractivity contribution in [2.24, 2.45) is 0 Å². The van der Waals surface area contributed by atoms with Gasteiger partial charge in [0.15, 0.2) is 0 Å². The Hall–Kier alpha value is -0.120. The number of hydrogen-bond acceptors (Lipinski definition) is 3. The summed E-state index contributed by atoms with van der Waals surface area (Å²) in [6.07, 6.45) is 8.96. The maximum Gasteiger partial charge on any atom is 0.0701 e. The second kappa shape index (κ2) is 16.9. The highest BCUT2D eigenvalue weighted by Gasteiger charge is 1.92. The van der Waals surface area contributed by atoms with E-state index < -0.39 is 0 Å². The Kier molecular flexibility index (Phi) is 16.8. The molecule has 0 atom stereocenters. The van der Waals surface area contributed by atoms with Crippen molar-refractivity contribution >= 4 is 0 Å². The van der Waals surface area contributed by atoms with E-state index in [0.29, 0.717) is 26.4 Å². The third kappa shape index (κ3) is 15.9. The normalized spacial score (nSPS) is 11.0. The molecule has 0 bridgehead atoms. The fourth-order valence-electron chi connectivity index (χ4n) is 1.67. The first kappa shape index (κ1) is 17.9. The fraction of sp³-hybridized carbons (Fsp3) is 1.00. The molecule has 0 fully saturated rings. The second-order valence-electron chi connectivity index (χ2n) is 4.60. The van der Waals surface area contributed by atoms with Gasteiger partial charge < -0.3 is 14.2 Å². The highest BCUT2D eigenvalue weighted by Crippen LogP contribution is 2.04. The maximum absolute atomic E-state index is 5.50. The predicted molar refractivity (Wildman–Crippen MR) is 76.1 cm³/mol. The van der Waals surface area contributed by atoms with Gasteiger partial charge in [-0.1, -0.05) is 46.0 Å². The lowest BCUT2D eigenvalue weighted by atomic mass is 10.1. The summed E-state index contributed by atoms with van der Waals surface area (Å²) in [4.78, 5) is 0. The van der Waals surface area contributed by atoms with E-state index in [-0.39, 0.29) is 0 Å². The molecule has 0 aromatic rings. The Labute approximate surface area is 113 Å². The highest BCUT2D eigenvalue weighted by atomic mass is 16.5. The van der Waals surface area contributed by atoms with E-state index in [1.54, 1.807) is 0 Å². The van der Waals surface area contributed by atoms with Crippen molar-refractivity contribution in [2.75, 3.05) is 39.6 Å². The molecule has 0 spiro atoms. The van der Waals surface area contributed by atoms with Gasteiger partial charge in [0, 0.05) is 13.2 Å². The van der Waals surface area contributed by atoms with Gasteiger partial charge >= 0.3 is 0 Å². The van der Waals surface area contributed by atoms with Gasteiger partial charge in [0.05, 0.1) is 26.4 Å². The standard InChI is InChI=1S/C15H32O3/c1-3-5-6-7-8-9-11-17-13-15-18-14-12-16-10-4-2/h3-15H2,1-2H3. The molecule has 0 amide bonds. The molecule has 3 nitrogen and oxygen atoms in total. The zero-order chi connectivity index (χ0) is 13.3. The molecule has 0 aliphatic rings. The monoisotopic (exact) mass is 260 g/mol. The molecule has 0 rings (SSSR count). The minimum Gasteiger partial charge on any atom is -0.379 e. The zero-order valence-electron chi connectivity index (χ0n) is 12.4. The van der Waals surface area contributed by atoms with Crippen molar-refractivity contribution < 1.29 is 14.2 Å². The van der Waals surface area contributed by atoms with E-state index in [1.165, 1.54) is 38.5 Å². The van der Waals surface area contributed by atoms with Crippen LogP contribution in [0.3, 0.4) is 0 Å². The summed E-state index contributed by atoms with van der Waals surface area (Å²) in [6, 6.07) is 0. The maximum atomic E-state index is 5.50. The summed E-state index contributed by atoms with van der Waals surface area (Å²) in [7, 11) is 0. The smallest absolute Gasteiger partial charge is 0.0701 e. The van der Waals surface area contributed by atoms with Crippen LogP contribution in [0.5, 0.6) is 0 Å². The molecule has 0 unspecified atom stereocenters. The molecular formula is C15H32O3. The molecular weight excluding hydrogens is 228 g/mol. The lowest BCUT2D eigenvalue weighted by Crippen LogP contribution is -2.10. The van der Waals surface area contributed by atoms with Crippen LogP contribution < -0.4 is 0 Å². The van der Waals surface area contributed by atoms with Gasteiger partial charge in [-0.3, -0.25) is 0 Å². The Morgan fingerprint density at radius 1 is 0.444 bits per heavy atom. The van der Waals surface area contributed by atoms with Crippen LogP contribution >= 0.6 is 0 Å². The Morgan fingerprint density at radius 3 is 1.56 bits per heavy atom. The predicted octanol–water partition coefficient (Wildman–Crippen LogP) is 3.81. The van der Waals surface area contributed by atoms with Gasteiger partial charge in [0.25, 0.3) is 0 Å². The molecule has 0 aliphatic heterocycles. The van der Waals surface area contributed by atoms with Crippen molar-refractivity contribution in [3.05, 3.63) is 0 Å². The minimum absolute atomic E-state index is 0.681. The molecule has 0 radical (unpaired) electrons. The first-order valence-corrected chi connectivity index (χ1v) is 7.65. The van der Waals surface area contributed by atoms with Gasteiger partial charge in [-0.2, -0.15) is 0 Å². The van der Waals surface area contributed by atoms with Gasteiger partial charge in [-0.15, -0.1) is 0 Å². The summed E-state index contributed by atoms with van der Waals surface area (Å²) >= 11 is 0. The SMILES string of the molecule is CCCCCCCCOCCOCCOCCC. The van der Waals surface area contributed by atoms with Crippen LogP contribution in [-0.4, -0.2) is 39.6 Å².